The minimum atomic E-state index is -0.214. The molecule has 0 bridgehead atoms. The van der Waals surface area contributed by atoms with E-state index in [0.29, 0.717) is 0 Å². The van der Waals surface area contributed by atoms with Gasteiger partial charge in [0.25, 0.3) is 0 Å². The van der Waals surface area contributed by atoms with Gasteiger partial charge in [-0.1, -0.05) is 25.5 Å². The molecule has 0 spiro atoms. The zero-order valence-electron chi connectivity index (χ0n) is 8.86. The SMILES string of the molecule is CCC[C@H](O)Cc1ccc(OC)cc1. The lowest BCUT2D eigenvalue weighted by molar-refractivity contribution is 0.164. The van der Waals surface area contributed by atoms with Crippen LogP contribution in [0.15, 0.2) is 24.3 Å². The van der Waals surface area contributed by atoms with Gasteiger partial charge in [0.2, 0.25) is 0 Å². The summed E-state index contributed by atoms with van der Waals surface area (Å²) in [6.45, 7) is 2.08. The first-order chi connectivity index (χ1) is 6.76. The van der Waals surface area contributed by atoms with Crippen molar-refractivity contribution in [2.24, 2.45) is 0 Å². The van der Waals surface area contributed by atoms with Gasteiger partial charge >= 0.3 is 0 Å². The van der Waals surface area contributed by atoms with Crippen LogP contribution in [0.2, 0.25) is 0 Å². The van der Waals surface area contributed by atoms with E-state index < -0.39 is 0 Å². The molecule has 0 saturated carbocycles. The molecule has 0 aliphatic heterocycles. The molecule has 2 nitrogen and oxygen atoms in total. The Kier molecular flexibility index (Phi) is 4.47. The van der Waals surface area contributed by atoms with Crippen molar-refractivity contribution in [1.82, 2.24) is 0 Å². The molecule has 0 saturated heterocycles. The van der Waals surface area contributed by atoms with Gasteiger partial charge in [0.05, 0.1) is 13.2 Å². The second-order valence-corrected chi connectivity index (χ2v) is 3.49. The zero-order chi connectivity index (χ0) is 10.4. The molecule has 0 radical (unpaired) electrons. The Hall–Kier alpha value is -1.02. The van der Waals surface area contributed by atoms with Crippen LogP contribution in [0.3, 0.4) is 0 Å². The van der Waals surface area contributed by atoms with E-state index in [9.17, 15) is 5.11 Å². The zero-order valence-corrected chi connectivity index (χ0v) is 8.86. The van der Waals surface area contributed by atoms with Crippen LogP contribution in [0.25, 0.3) is 0 Å². The second-order valence-electron chi connectivity index (χ2n) is 3.49. The highest BCUT2D eigenvalue weighted by Crippen LogP contribution is 2.13. The third kappa shape index (κ3) is 3.38. The molecule has 0 amide bonds. The second kappa shape index (κ2) is 5.66. The molecule has 1 aromatic rings. The van der Waals surface area contributed by atoms with Gasteiger partial charge in [-0.05, 0) is 30.5 Å². The molecule has 1 N–H and O–H groups in total. The number of hydrogen-bond acceptors (Lipinski definition) is 2. The molecule has 0 aliphatic carbocycles. The molecule has 0 fully saturated rings. The highest BCUT2D eigenvalue weighted by atomic mass is 16.5. The van der Waals surface area contributed by atoms with Gasteiger partial charge < -0.3 is 9.84 Å². The molecule has 1 aromatic carbocycles. The Bertz CT molecular complexity index is 254. The number of benzene rings is 1. The van der Waals surface area contributed by atoms with Crippen molar-refractivity contribution in [2.75, 3.05) is 7.11 Å². The van der Waals surface area contributed by atoms with E-state index in [-0.39, 0.29) is 6.10 Å². The van der Waals surface area contributed by atoms with E-state index in [4.69, 9.17) is 4.74 Å². The van der Waals surface area contributed by atoms with Gasteiger partial charge in [-0.15, -0.1) is 0 Å². The Morgan fingerprint density at radius 2 is 1.93 bits per heavy atom. The monoisotopic (exact) mass is 194 g/mol. The van der Waals surface area contributed by atoms with E-state index in [1.54, 1.807) is 7.11 Å². The van der Waals surface area contributed by atoms with E-state index in [0.717, 1.165) is 30.6 Å². The molecule has 2 heteroatoms. The molecule has 78 valence electrons. The van der Waals surface area contributed by atoms with E-state index >= 15 is 0 Å². The van der Waals surface area contributed by atoms with E-state index in [2.05, 4.69) is 6.92 Å². The predicted octanol–water partition coefficient (Wildman–Crippen LogP) is 2.40. The Balaban J connectivity index is 2.50. The number of methoxy groups -OCH3 is 1. The molecule has 1 rings (SSSR count). The molecule has 0 heterocycles. The fourth-order valence-electron chi connectivity index (χ4n) is 1.47. The van der Waals surface area contributed by atoms with Gasteiger partial charge in [-0.25, -0.2) is 0 Å². The Morgan fingerprint density at radius 1 is 1.29 bits per heavy atom. The van der Waals surface area contributed by atoms with Crippen LogP contribution in [0.1, 0.15) is 25.3 Å². The van der Waals surface area contributed by atoms with Crippen LogP contribution in [0, 0.1) is 0 Å². The fraction of sp³-hybridized carbons (Fsp3) is 0.500. The summed E-state index contributed by atoms with van der Waals surface area (Å²) in [7, 11) is 1.65. The van der Waals surface area contributed by atoms with E-state index in [1.165, 1.54) is 0 Å². The van der Waals surface area contributed by atoms with Crippen LogP contribution in [0.4, 0.5) is 0 Å². The summed E-state index contributed by atoms with van der Waals surface area (Å²) in [4.78, 5) is 0. The average Bonchev–Trinajstić information content (AvgIpc) is 2.19. The largest absolute Gasteiger partial charge is 0.497 e. The van der Waals surface area contributed by atoms with Crippen LogP contribution >= 0.6 is 0 Å². The van der Waals surface area contributed by atoms with Crippen LogP contribution in [-0.4, -0.2) is 18.3 Å². The normalized spacial score (nSPS) is 12.5. The molecular weight excluding hydrogens is 176 g/mol. The number of ether oxygens (including phenoxy) is 1. The summed E-state index contributed by atoms with van der Waals surface area (Å²) >= 11 is 0. The van der Waals surface area contributed by atoms with Gasteiger partial charge in [-0.3, -0.25) is 0 Å². The van der Waals surface area contributed by atoms with Crippen molar-refractivity contribution in [3.63, 3.8) is 0 Å². The highest BCUT2D eigenvalue weighted by molar-refractivity contribution is 5.27. The first-order valence-corrected chi connectivity index (χ1v) is 5.07. The standard InChI is InChI=1S/C12H18O2/c1-3-4-11(13)9-10-5-7-12(14-2)8-6-10/h5-8,11,13H,3-4,9H2,1-2H3/t11-/m0/s1. The summed E-state index contributed by atoms with van der Waals surface area (Å²) in [5.74, 6) is 0.860. The lowest BCUT2D eigenvalue weighted by atomic mass is 10.0. The van der Waals surface area contributed by atoms with Crippen LogP contribution in [0.5, 0.6) is 5.75 Å². The number of hydrogen-bond donors (Lipinski definition) is 1. The third-order valence-corrected chi connectivity index (χ3v) is 2.25. The Morgan fingerprint density at radius 3 is 2.43 bits per heavy atom. The summed E-state index contributed by atoms with van der Waals surface area (Å²) in [5, 5.41) is 9.60. The smallest absolute Gasteiger partial charge is 0.118 e. The van der Waals surface area contributed by atoms with Crippen LogP contribution < -0.4 is 4.74 Å². The molecule has 1 atom stereocenters. The van der Waals surface area contributed by atoms with Crippen molar-refractivity contribution in [1.29, 1.82) is 0 Å². The molecule has 0 unspecified atom stereocenters. The molecule has 0 aliphatic rings. The summed E-state index contributed by atoms with van der Waals surface area (Å²) in [6, 6.07) is 7.84. The Labute approximate surface area is 85.5 Å². The number of aliphatic hydroxyl groups is 1. The summed E-state index contributed by atoms with van der Waals surface area (Å²) in [5.41, 5.74) is 1.16. The van der Waals surface area contributed by atoms with Crippen molar-refractivity contribution >= 4 is 0 Å². The number of aliphatic hydroxyl groups excluding tert-OH is 1. The lowest BCUT2D eigenvalue weighted by Gasteiger charge is -2.09. The van der Waals surface area contributed by atoms with Crippen molar-refractivity contribution in [3.8, 4) is 5.75 Å². The topological polar surface area (TPSA) is 29.5 Å². The maximum atomic E-state index is 9.60. The third-order valence-electron chi connectivity index (χ3n) is 2.25. The first kappa shape index (κ1) is 11.1. The average molecular weight is 194 g/mol. The minimum Gasteiger partial charge on any atom is -0.497 e. The van der Waals surface area contributed by atoms with Crippen molar-refractivity contribution in [3.05, 3.63) is 29.8 Å². The maximum Gasteiger partial charge on any atom is 0.118 e. The fourth-order valence-corrected chi connectivity index (χ4v) is 1.47. The molecule has 0 aromatic heterocycles. The lowest BCUT2D eigenvalue weighted by Crippen LogP contribution is -2.09. The van der Waals surface area contributed by atoms with Crippen LogP contribution in [-0.2, 0) is 6.42 Å². The summed E-state index contributed by atoms with van der Waals surface area (Å²) in [6.07, 6.45) is 2.41. The van der Waals surface area contributed by atoms with Gasteiger partial charge in [0.1, 0.15) is 5.75 Å². The van der Waals surface area contributed by atoms with Crippen molar-refractivity contribution < 1.29 is 9.84 Å². The highest BCUT2D eigenvalue weighted by Gasteiger charge is 2.03. The van der Waals surface area contributed by atoms with E-state index in [1.807, 2.05) is 24.3 Å². The van der Waals surface area contributed by atoms with Gasteiger partial charge in [-0.2, -0.15) is 0 Å². The molecular formula is C12H18O2. The quantitative estimate of drug-likeness (QED) is 0.780. The maximum absolute atomic E-state index is 9.60. The first-order valence-electron chi connectivity index (χ1n) is 5.07. The summed E-state index contributed by atoms with van der Waals surface area (Å²) < 4.78 is 5.06. The van der Waals surface area contributed by atoms with Crippen molar-refractivity contribution in [2.45, 2.75) is 32.3 Å². The van der Waals surface area contributed by atoms with Gasteiger partial charge in [0.15, 0.2) is 0 Å². The predicted molar refractivity (Wildman–Crippen MR) is 57.6 cm³/mol. The van der Waals surface area contributed by atoms with Gasteiger partial charge in [0, 0.05) is 0 Å². The number of rotatable bonds is 5. The minimum absolute atomic E-state index is 0.214. The molecule has 14 heavy (non-hydrogen) atoms.